The summed E-state index contributed by atoms with van der Waals surface area (Å²) in [5.41, 5.74) is 5.86. The lowest BCUT2D eigenvalue weighted by Crippen LogP contribution is -2.16. The van der Waals surface area contributed by atoms with Crippen LogP contribution in [-0.2, 0) is 0 Å². The number of Topliss-reactive ketones (excluding diaryl/α,β-unsaturated/α-hetero) is 1. The van der Waals surface area contributed by atoms with E-state index in [1.54, 1.807) is 18.2 Å². The molecule has 0 saturated heterocycles. The van der Waals surface area contributed by atoms with Crippen molar-refractivity contribution in [1.82, 2.24) is 0 Å². The lowest BCUT2D eigenvalue weighted by atomic mass is 10.1. The number of para-hydroxylation sites is 1. The zero-order valence-corrected chi connectivity index (χ0v) is 8.49. The average Bonchev–Trinajstić information content (AvgIpc) is 2.16. The first kappa shape index (κ1) is 10.7. The van der Waals surface area contributed by atoms with Crippen LogP contribution in [0.3, 0.4) is 0 Å². The fourth-order valence-electron chi connectivity index (χ4n) is 1.16. The summed E-state index contributed by atoms with van der Waals surface area (Å²) in [6.45, 7) is 3.85. The maximum Gasteiger partial charge on any atom is 0.180 e. The van der Waals surface area contributed by atoms with Crippen LogP contribution in [0.2, 0.25) is 0 Å². The molecule has 0 spiro atoms. The van der Waals surface area contributed by atoms with Crippen molar-refractivity contribution >= 4 is 5.78 Å². The minimum atomic E-state index is -0.0961. The predicted octanol–water partition coefficient (Wildman–Crippen LogP) is 1.62. The Morgan fingerprint density at radius 2 is 2.07 bits per heavy atom. The number of hydrogen-bond donors (Lipinski definition) is 1. The highest BCUT2D eigenvalue weighted by atomic mass is 16.5. The molecule has 0 amide bonds. The van der Waals surface area contributed by atoms with E-state index in [2.05, 4.69) is 0 Å². The topological polar surface area (TPSA) is 52.3 Å². The minimum Gasteiger partial charge on any atom is -0.490 e. The molecule has 0 fully saturated rings. The molecule has 3 heteroatoms. The number of carbonyl (C=O) groups excluding carboxylic acids is 1. The standard InChI is InChI=1S/C11H15NO2/c1-8(2)14-11-6-4-3-5-9(11)10(13)7-12/h3-6,8H,7,12H2,1-2H3. The van der Waals surface area contributed by atoms with Gasteiger partial charge in [-0.2, -0.15) is 0 Å². The van der Waals surface area contributed by atoms with Crippen LogP contribution >= 0.6 is 0 Å². The average molecular weight is 193 g/mol. The van der Waals surface area contributed by atoms with E-state index in [0.29, 0.717) is 11.3 Å². The van der Waals surface area contributed by atoms with Crippen LogP contribution in [0.15, 0.2) is 24.3 Å². The maximum absolute atomic E-state index is 11.4. The molecule has 76 valence electrons. The van der Waals surface area contributed by atoms with Gasteiger partial charge in [0.25, 0.3) is 0 Å². The van der Waals surface area contributed by atoms with Gasteiger partial charge in [0.2, 0.25) is 0 Å². The molecule has 2 N–H and O–H groups in total. The van der Waals surface area contributed by atoms with Gasteiger partial charge in [0.15, 0.2) is 5.78 Å². The fourth-order valence-corrected chi connectivity index (χ4v) is 1.16. The van der Waals surface area contributed by atoms with Crippen LogP contribution in [0, 0.1) is 0 Å². The van der Waals surface area contributed by atoms with Crippen molar-refractivity contribution < 1.29 is 9.53 Å². The van der Waals surface area contributed by atoms with Gasteiger partial charge < -0.3 is 10.5 Å². The molecule has 0 atom stereocenters. The zero-order chi connectivity index (χ0) is 10.6. The summed E-state index contributed by atoms with van der Waals surface area (Å²) in [6, 6.07) is 7.15. The van der Waals surface area contributed by atoms with Gasteiger partial charge in [-0.1, -0.05) is 12.1 Å². The molecule has 0 aliphatic carbocycles. The molecular weight excluding hydrogens is 178 g/mol. The molecular formula is C11H15NO2. The third-order valence-corrected chi connectivity index (χ3v) is 1.74. The normalized spacial score (nSPS) is 10.3. The van der Waals surface area contributed by atoms with Crippen LogP contribution in [0.5, 0.6) is 5.75 Å². The number of hydrogen-bond acceptors (Lipinski definition) is 3. The number of ether oxygens (including phenoxy) is 1. The molecule has 3 nitrogen and oxygen atoms in total. The fraction of sp³-hybridized carbons (Fsp3) is 0.364. The van der Waals surface area contributed by atoms with Gasteiger partial charge in [-0.15, -0.1) is 0 Å². The third kappa shape index (κ3) is 2.57. The molecule has 0 aromatic heterocycles. The van der Waals surface area contributed by atoms with E-state index in [4.69, 9.17) is 10.5 Å². The lowest BCUT2D eigenvalue weighted by molar-refractivity contribution is 0.0995. The second-order valence-corrected chi connectivity index (χ2v) is 3.29. The van der Waals surface area contributed by atoms with Crippen molar-refractivity contribution in [3.05, 3.63) is 29.8 Å². The molecule has 0 aliphatic heterocycles. The van der Waals surface area contributed by atoms with Gasteiger partial charge in [0.1, 0.15) is 5.75 Å². The lowest BCUT2D eigenvalue weighted by Gasteiger charge is -2.12. The Kier molecular flexibility index (Phi) is 3.65. The van der Waals surface area contributed by atoms with E-state index in [1.807, 2.05) is 19.9 Å². The van der Waals surface area contributed by atoms with Crippen LogP contribution in [0.25, 0.3) is 0 Å². The summed E-state index contributed by atoms with van der Waals surface area (Å²) in [6.07, 6.45) is 0.0572. The number of ketones is 1. The van der Waals surface area contributed by atoms with E-state index in [-0.39, 0.29) is 18.4 Å². The Morgan fingerprint density at radius 1 is 1.43 bits per heavy atom. The molecule has 0 aliphatic rings. The minimum absolute atomic E-state index is 0.0124. The van der Waals surface area contributed by atoms with Gasteiger partial charge in [0, 0.05) is 0 Å². The van der Waals surface area contributed by atoms with E-state index < -0.39 is 0 Å². The summed E-state index contributed by atoms with van der Waals surface area (Å²) in [4.78, 5) is 11.4. The molecule has 14 heavy (non-hydrogen) atoms. The zero-order valence-electron chi connectivity index (χ0n) is 8.49. The molecule has 0 radical (unpaired) electrons. The SMILES string of the molecule is CC(C)Oc1ccccc1C(=O)CN. The quantitative estimate of drug-likeness (QED) is 0.739. The first-order valence-electron chi connectivity index (χ1n) is 4.64. The molecule has 0 bridgehead atoms. The first-order chi connectivity index (χ1) is 6.65. The Bertz CT molecular complexity index is 321. The van der Waals surface area contributed by atoms with Gasteiger partial charge in [-0.3, -0.25) is 4.79 Å². The number of rotatable bonds is 4. The highest BCUT2D eigenvalue weighted by Crippen LogP contribution is 2.19. The highest BCUT2D eigenvalue weighted by molar-refractivity contribution is 5.99. The van der Waals surface area contributed by atoms with E-state index >= 15 is 0 Å². The highest BCUT2D eigenvalue weighted by Gasteiger charge is 2.10. The Hall–Kier alpha value is -1.35. The van der Waals surface area contributed by atoms with Crippen molar-refractivity contribution in [3.8, 4) is 5.75 Å². The Balaban J connectivity index is 2.97. The molecule has 0 saturated carbocycles. The van der Waals surface area contributed by atoms with Crippen molar-refractivity contribution in [2.75, 3.05) is 6.54 Å². The summed E-state index contributed by atoms with van der Waals surface area (Å²) in [5.74, 6) is 0.513. The molecule has 1 aromatic rings. The van der Waals surface area contributed by atoms with Crippen LogP contribution in [-0.4, -0.2) is 18.4 Å². The number of benzene rings is 1. The summed E-state index contributed by atoms with van der Waals surface area (Å²) in [5, 5.41) is 0. The summed E-state index contributed by atoms with van der Waals surface area (Å²) in [7, 11) is 0. The number of nitrogens with two attached hydrogens (primary N) is 1. The molecule has 0 unspecified atom stereocenters. The van der Waals surface area contributed by atoms with Crippen molar-refractivity contribution in [2.45, 2.75) is 20.0 Å². The van der Waals surface area contributed by atoms with Gasteiger partial charge >= 0.3 is 0 Å². The second-order valence-electron chi connectivity index (χ2n) is 3.29. The van der Waals surface area contributed by atoms with Crippen LogP contribution in [0.4, 0.5) is 0 Å². The van der Waals surface area contributed by atoms with E-state index in [1.165, 1.54) is 0 Å². The monoisotopic (exact) mass is 193 g/mol. The Labute approximate surface area is 83.9 Å². The van der Waals surface area contributed by atoms with Crippen molar-refractivity contribution in [2.24, 2.45) is 5.73 Å². The van der Waals surface area contributed by atoms with Crippen molar-refractivity contribution in [3.63, 3.8) is 0 Å². The number of carbonyl (C=O) groups is 1. The van der Waals surface area contributed by atoms with Gasteiger partial charge in [-0.25, -0.2) is 0 Å². The first-order valence-corrected chi connectivity index (χ1v) is 4.64. The second kappa shape index (κ2) is 4.77. The Morgan fingerprint density at radius 3 is 2.64 bits per heavy atom. The molecule has 1 rings (SSSR count). The van der Waals surface area contributed by atoms with Gasteiger partial charge in [-0.05, 0) is 26.0 Å². The smallest absolute Gasteiger partial charge is 0.180 e. The summed E-state index contributed by atoms with van der Waals surface area (Å²) >= 11 is 0. The van der Waals surface area contributed by atoms with E-state index in [0.717, 1.165) is 0 Å². The van der Waals surface area contributed by atoms with Crippen LogP contribution < -0.4 is 10.5 Å². The predicted molar refractivity (Wildman–Crippen MR) is 55.6 cm³/mol. The molecule has 0 heterocycles. The third-order valence-electron chi connectivity index (χ3n) is 1.74. The van der Waals surface area contributed by atoms with E-state index in [9.17, 15) is 4.79 Å². The maximum atomic E-state index is 11.4. The molecule has 1 aromatic carbocycles. The summed E-state index contributed by atoms with van der Waals surface area (Å²) < 4.78 is 5.49. The largest absolute Gasteiger partial charge is 0.490 e. The van der Waals surface area contributed by atoms with Crippen LogP contribution in [0.1, 0.15) is 24.2 Å². The van der Waals surface area contributed by atoms with Crippen molar-refractivity contribution in [1.29, 1.82) is 0 Å². The van der Waals surface area contributed by atoms with Gasteiger partial charge in [0.05, 0.1) is 18.2 Å².